The fourth-order valence-corrected chi connectivity index (χ4v) is 2.47. The number of aromatic hydroxyl groups is 1. The molecule has 3 nitrogen and oxygen atoms in total. The predicted molar refractivity (Wildman–Crippen MR) is 83.9 cm³/mol. The molecule has 0 amide bonds. The van der Waals surface area contributed by atoms with E-state index in [9.17, 15) is 5.11 Å². The Balaban J connectivity index is 2.13. The first-order valence-corrected chi connectivity index (χ1v) is 6.89. The van der Waals surface area contributed by atoms with Crippen molar-refractivity contribution in [3.8, 4) is 5.75 Å². The summed E-state index contributed by atoms with van der Waals surface area (Å²) in [7, 11) is 2.04. The topological polar surface area (TPSA) is 49.5 Å². The summed E-state index contributed by atoms with van der Waals surface area (Å²) >= 11 is 6.23. The average molecular weight is 291 g/mol. The van der Waals surface area contributed by atoms with Gasteiger partial charge in [0.05, 0.1) is 5.69 Å². The molecule has 0 aromatic heterocycles. The molecule has 0 fully saturated rings. The summed E-state index contributed by atoms with van der Waals surface area (Å²) in [6, 6.07) is 13.3. The summed E-state index contributed by atoms with van der Waals surface area (Å²) in [5, 5.41) is 10.2. The molecule has 0 heterocycles. The molecule has 2 aromatic rings. The van der Waals surface area contributed by atoms with E-state index >= 15 is 0 Å². The first-order valence-electron chi connectivity index (χ1n) is 6.51. The van der Waals surface area contributed by atoms with Gasteiger partial charge in [0.1, 0.15) is 5.75 Å². The van der Waals surface area contributed by atoms with Gasteiger partial charge in [0.2, 0.25) is 0 Å². The van der Waals surface area contributed by atoms with Crippen LogP contribution in [0.15, 0.2) is 42.5 Å². The molecule has 0 aliphatic rings. The Hall–Kier alpha value is -1.71. The molecular weight excluding hydrogens is 272 g/mol. The third-order valence-corrected chi connectivity index (χ3v) is 3.88. The zero-order valence-corrected chi connectivity index (χ0v) is 12.4. The lowest BCUT2D eigenvalue weighted by molar-refractivity contribution is 0.253. The summed E-state index contributed by atoms with van der Waals surface area (Å²) in [4.78, 5) is 2.19. The third kappa shape index (κ3) is 3.24. The van der Waals surface area contributed by atoms with Gasteiger partial charge in [-0.05, 0) is 43.3 Å². The molecule has 0 aliphatic heterocycles. The van der Waals surface area contributed by atoms with E-state index in [-0.39, 0.29) is 11.8 Å². The molecule has 2 aromatic carbocycles. The number of rotatable bonds is 4. The normalized spacial score (nSPS) is 12.6. The van der Waals surface area contributed by atoms with Gasteiger partial charge in [-0.15, -0.1) is 0 Å². The molecule has 3 N–H and O–H groups in total. The Morgan fingerprint density at radius 1 is 1.25 bits per heavy atom. The Kier molecular flexibility index (Phi) is 4.53. The largest absolute Gasteiger partial charge is 0.506 e. The van der Waals surface area contributed by atoms with Crippen molar-refractivity contribution in [1.29, 1.82) is 0 Å². The maximum atomic E-state index is 9.45. The average Bonchev–Trinajstić information content (AvgIpc) is 2.42. The molecule has 1 atom stereocenters. The maximum Gasteiger partial charge on any atom is 0.138 e. The molecule has 0 saturated carbocycles. The fourth-order valence-electron chi connectivity index (χ4n) is 2.18. The van der Waals surface area contributed by atoms with Crippen LogP contribution in [0, 0.1) is 0 Å². The van der Waals surface area contributed by atoms with E-state index in [4.69, 9.17) is 17.3 Å². The van der Waals surface area contributed by atoms with E-state index in [2.05, 4.69) is 11.8 Å². The second-order valence-electron chi connectivity index (χ2n) is 5.01. The minimum absolute atomic E-state index is 0.121. The lowest BCUT2D eigenvalue weighted by atomic mass is 10.1. The van der Waals surface area contributed by atoms with Crippen molar-refractivity contribution in [3.05, 3.63) is 58.6 Å². The van der Waals surface area contributed by atoms with E-state index in [1.165, 1.54) is 0 Å². The quantitative estimate of drug-likeness (QED) is 0.665. The first kappa shape index (κ1) is 14.7. The number of anilines is 1. The van der Waals surface area contributed by atoms with E-state index < -0.39 is 0 Å². The molecule has 0 bridgehead atoms. The second kappa shape index (κ2) is 6.16. The number of nitrogens with zero attached hydrogens (tertiary/aromatic N) is 1. The van der Waals surface area contributed by atoms with Crippen molar-refractivity contribution in [1.82, 2.24) is 4.90 Å². The van der Waals surface area contributed by atoms with Gasteiger partial charge in [0, 0.05) is 17.6 Å². The number of hydrogen-bond acceptors (Lipinski definition) is 3. The van der Waals surface area contributed by atoms with Crippen LogP contribution >= 0.6 is 11.6 Å². The zero-order valence-electron chi connectivity index (χ0n) is 11.7. The summed E-state index contributed by atoms with van der Waals surface area (Å²) in [5.41, 5.74) is 8.28. The van der Waals surface area contributed by atoms with Crippen LogP contribution in [0.25, 0.3) is 0 Å². The number of benzene rings is 2. The Bertz CT molecular complexity index is 601. The van der Waals surface area contributed by atoms with Crippen molar-refractivity contribution in [3.63, 3.8) is 0 Å². The summed E-state index contributed by atoms with van der Waals surface area (Å²) in [6.07, 6.45) is 0. The first-order chi connectivity index (χ1) is 9.49. The molecule has 106 valence electrons. The minimum Gasteiger partial charge on any atom is -0.506 e. The lowest BCUT2D eigenvalue weighted by Crippen LogP contribution is -2.22. The van der Waals surface area contributed by atoms with Gasteiger partial charge < -0.3 is 10.8 Å². The van der Waals surface area contributed by atoms with Crippen LogP contribution in [-0.2, 0) is 6.54 Å². The SMILES string of the molecule is CC(c1ccccc1Cl)N(C)Cc1ccc(O)c(N)c1. The maximum absolute atomic E-state index is 9.45. The van der Waals surface area contributed by atoms with Gasteiger partial charge in [-0.1, -0.05) is 35.9 Å². The molecule has 20 heavy (non-hydrogen) atoms. The van der Waals surface area contributed by atoms with Crippen LogP contribution in [0.1, 0.15) is 24.1 Å². The predicted octanol–water partition coefficient (Wildman–Crippen LogP) is 3.82. The molecule has 2 rings (SSSR count). The molecule has 0 aliphatic carbocycles. The van der Waals surface area contributed by atoms with Crippen molar-refractivity contribution >= 4 is 17.3 Å². The number of nitrogen functional groups attached to an aromatic ring is 1. The molecule has 0 spiro atoms. The van der Waals surface area contributed by atoms with Crippen LogP contribution < -0.4 is 5.73 Å². The van der Waals surface area contributed by atoms with Crippen LogP contribution in [0.3, 0.4) is 0 Å². The highest BCUT2D eigenvalue weighted by Gasteiger charge is 2.14. The summed E-state index contributed by atoms with van der Waals surface area (Å²) in [6.45, 7) is 2.85. The monoisotopic (exact) mass is 290 g/mol. The molecule has 4 heteroatoms. The second-order valence-corrected chi connectivity index (χ2v) is 5.41. The number of phenols is 1. The smallest absolute Gasteiger partial charge is 0.138 e. The number of phenolic OH excluding ortho intramolecular Hbond substituents is 1. The van der Waals surface area contributed by atoms with Crippen molar-refractivity contribution < 1.29 is 5.11 Å². The van der Waals surface area contributed by atoms with E-state index in [1.54, 1.807) is 12.1 Å². The van der Waals surface area contributed by atoms with E-state index in [0.717, 1.165) is 22.7 Å². The van der Waals surface area contributed by atoms with Gasteiger partial charge in [-0.25, -0.2) is 0 Å². The van der Waals surface area contributed by atoms with Gasteiger partial charge in [0.25, 0.3) is 0 Å². The van der Waals surface area contributed by atoms with Crippen LogP contribution in [0.2, 0.25) is 5.02 Å². The Labute approximate surface area is 124 Å². The van der Waals surface area contributed by atoms with Crippen LogP contribution in [-0.4, -0.2) is 17.1 Å². The van der Waals surface area contributed by atoms with Crippen molar-refractivity contribution in [2.75, 3.05) is 12.8 Å². The van der Waals surface area contributed by atoms with Gasteiger partial charge in [-0.2, -0.15) is 0 Å². The molecule has 0 radical (unpaired) electrons. The van der Waals surface area contributed by atoms with E-state index in [1.807, 2.05) is 37.4 Å². The standard InChI is InChI=1S/C16H19ClN2O/c1-11(13-5-3-4-6-14(13)17)19(2)10-12-7-8-16(20)15(18)9-12/h3-9,11,20H,10,18H2,1-2H3. The summed E-state index contributed by atoms with van der Waals surface area (Å²) < 4.78 is 0. The highest BCUT2D eigenvalue weighted by atomic mass is 35.5. The van der Waals surface area contributed by atoms with Crippen LogP contribution in [0.4, 0.5) is 5.69 Å². The van der Waals surface area contributed by atoms with Gasteiger partial charge >= 0.3 is 0 Å². The highest BCUT2D eigenvalue weighted by molar-refractivity contribution is 6.31. The van der Waals surface area contributed by atoms with Crippen molar-refractivity contribution in [2.45, 2.75) is 19.5 Å². The molecule has 1 unspecified atom stereocenters. The lowest BCUT2D eigenvalue weighted by Gasteiger charge is -2.26. The minimum atomic E-state index is 0.121. The highest BCUT2D eigenvalue weighted by Crippen LogP contribution is 2.28. The summed E-state index contributed by atoms with van der Waals surface area (Å²) in [5.74, 6) is 0.121. The molecular formula is C16H19ClN2O. The Morgan fingerprint density at radius 3 is 2.60 bits per heavy atom. The van der Waals surface area contributed by atoms with Crippen molar-refractivity contribution in [2.24, 2.45) is 0 Å². The number of nitrogens with two attached hydrogens (primary N) is 1. The van der Waals surface area contributed by atoms with E-state index in [0.29, 0.717) is 5.69 Å². The fraction of sp³-hybridized carbons (Fsp3) is 0.250. The molecule has 0 saturated heterocycles. The van der Waals surface area contributed by atoms with Gasteiger partial charge in [-0.3, -0.25) is 4.90 Å². The van der Waals surface area contributed by atoms with Crippen LogP contribution in [0.5, 0.6) is 5.75 Å². The number of halogens is 1. The third-order valence-electron chi connectivity index (χ3n) is 3.54. The van der Waals surface area contributed by atoms with Gasteiger partial charge in [0.15, 0.2) is 0 Å². The number of hydrogen-bond donors (Lipinski definition) is 2. The zero-order chi connectivity index (χ0) is 14.7. The Morgan fingerprint density at radius 2 is 1.95 bits per heavy atom.